The highest BCUT2D eigenvalue weighted by Gasteiger charge is 2.29. The molecule has 0 unspecified atom stereocenters. The lowest BCUT2D eigenvalue weighted by Gasteiger charge is -2.30. The lowest BCUT2D eigenvalue weighted by molar-refractivity contribution is -0.149. The molecular weight excluding hydrogens is 396 g/mol. The lowest BCUT2D eigenvalue weighted by Crippen LogP contribution is -2.42. The van der Waals surface area contributed by atoms with Gasteiger partial charge < -0.3 is 14.4 Å². The van der Waals surface area contributed by atoms with E-state index in [0.717, 1.165) is 35.0 Å². The number of carbonyl (C=O) groups is 3. The minimum absolute atomic E-state index is 0.177. The molecule has 7 heteroatoms. The Bertz CT molecular complexity index is 964. The Kier molecular flexibility index (Phi) is 7.60. The van der Waals surface area contributed by atoms with E-state index in [9.17, 15) is 14.4 Å². The van der Waals surface area contributed by atoms with Crippen LogP contribution in [0.2, 0.25) is 0 Å². The fourth-order valence-electron chi connectivity index (χ4n) is 4.18. The summed E-state index contributed by atoms with van der Waals surface area (Å²) in [6.07, 6.45) is 3.48. The number of hydrogen-bond donors (Lipinski definition) is 0. The van der Waals surface area contributed by atoms with Crippen LogP contribution in [0.1, 0.15) is 54.7 Å². The van der Waals surface area contributed by atoms with Crippen LogP contribution in [0, 0.1) is 5.92 Å². The molecule has 2 heterocycles. The topological polar surface area (TPSA) is 85.8 Å². The highest BCUT2D eigenvalue weighted by molar-refractivity contribution is 6.05. The molecule has 0 radical (unpaired) electrons. The lowest BCUT2D eigenvalue weighted by atomic mass is 9.96. The Morgan fingerprint density at radius 1 is 1.13 bits per heavy atom. The Morgan fingerprint density at radius 3 is 2.48 bits per heavy atom. The Balaban J connectivity index is 1.73. The summed E-state index contributed by atoms with van der Waals surface area (Å²) in [4.78, 5) is 43.7. The summed E-state index contributed by atoms with van der Waals surface area (Å²) in [5.41, 5.74) is 3.06. The van der Waals surface area contributed by atoms with E-state index in [0.29, 0.717) is 37.9 Å². The molecule has 1 aliphatic heterocycles. The summed E-state index contributed by atoms with van der Waals surface area (Å²) in [6.45, 7) is 4.67. The maximum absolute atomic E-state index is 13.1. The summed E-state index contributed by atoms with van der Waals surface area (Å²) in [7, 11) is 1.37. The van der Waals surface area contributed by atoms with E-state index in [1.165, 1.54) is 7.11 Å². The third-order valence-electron chi connectivity index (χ3n) is 5.83. The molecule has 7 nitrogen and oxygen atoms in total. The van der Waals surface area contributed by atoms with E-state index < -0.39 is 5.97 Å². The molecule has 1 amide bonds. The summed E-state index contributed by atoms with van der Waals surface area (Å²) in [5.74, 6) is -1.16. The number of ether oxygens (including phenoxy) is 2. The van der Waals surface area contributed by atoms with Gasteiger partial charge in [-0.2, -0.15) is 0 Å². The third-order valence-corrected chi connectivity index (χ3v) is 5.83. The maximum Gasteiger partial charge on any atom is 0.339 e. The zero-order chi connectivity index (χ0) is 22.4. The van der Waals surface area contributed by atoms with E-state index >= 15 is 0 Å². The van der Waals surface area contributed by atoms with Gasteiger partial charge in [-0.05, 0) is 37.3 Å². The second-order valence-corrected chi connectivity index (χ2v) is 7.79. The summed E-state index contributed by atoms with van der Waals surface area (Å²) >= 11 is 0. The zero-order valence-corrected chi connectivity index (χ0v) is 18.5. The highest BCUT2D eigenvalue weighted by atomic mass is 16.5. The van der Waals surface area contributed by atoms with Crippen molar-refractivity contribution in [2.24, 2.45) is 5.92 Å². The predicted octanol–water partition coefficient (Wildman–Crippen LogP) is 3.32. The van der Waals surface area contributed by atoms with Gasteiger partial charge in [-0.3, -0.25) is 14.6 Å². The van der Waals surface area contributed by atoms with Gasteiger partial charge in [0, 0.05) is 24.2 Å². The van der Waals surface area contributed by atoms with Gasteiger partial charge in [-0.1, -0.05) is 38.5 Å². The number of amides is 1. The first kappa shape index (κ1) is 22.7. The molecular formula is C24H30N2O5. The van der Waals surface area contributed by atoms with Gasteiger partial charge in [0.15, 0.2) is 6.61 Å². The van der Waals surface area contributed by atoms with Gasteiger partial charge in [0.2, 0.25) is 0 Å². The molecule has 0 bridgehead atoms. The summed E-state index contributed by atoms with van der Waals surface area (Å²) < 4.78 is 10.3. The van der Waals surface area contributed by atoms with E-state index in [-0.39, 0.29) is 24.4 Å². The van der Waals surface area contributed by atoms with Crippen LogP contribution in [0.15, 0.2) is 24.3 Å². The van der Waals surface area contributed by atoms with E-state index in [1.807, 2.05) is 31.2 Å². The molecule has 1 fully saturated rings. The second kappa shape index (κ2) is 10.4. The van der Waals surface area contributed by atoms with Crippen molar-refractivity contribution in [3.63, 3.8) is 0 Å². The molecule has 0 saturated carbocycles. The SMILES string of the molecule is CCCc1nc2ccccc2c(C(=O)OCC(=O)N2CCC(C(=O)OC)CC2)c1CC. The van der Waals surface area contributed by atoms with Crippen LogP contribution in [0.4, 0.5) is 0 Å². The Hall–Kier alpha value is -2.96. The average molecular weight is 427 g/mol. The van der Waals surface area contributed by atoms with Crippen molar-refractivity contribution < 1.29 is 23.9 Å². The van der Waals surface area contributed by atoms with Gasteiger partial charge in [0.05, 0.1) is 24.1 Å². The monoisotopic (exact) mass is 426 g/mol. The molecule has 166 valence electrons. The molecule has 1 aromatic carbocycles. The van der Waals surface area contributed by atoms with E-state index in [4.69, 9.17) is 14.5 Å². The minimum Gasteiger partial charge on any atom is -0.469 e. The average Bonchev–Trinajstić information content (AvgIpc) is 2.81. The van der Waals surface area contributed by atoms with Crippen molar-refractivity contribution in [3.8, 4) is 0 Å². The number of para-hydroxylation sites is 1. The number of aromatic nitrogens is 1. The van der Waals surface area contributed by atoms with Crippen molar-refractivity contribution in [1.29, 1.82) is 0 Å². The largest absolute Gasteiger partial charge is 0.469 e. The molecule has 31 heavy (non-hydrogen) atoms. The number of pyridine rings is 1. The number of carbonyl (C=O) groups excluding carboxylic acids is 3. The number of methoxy groups -OCH3 is 1. The van der Waals surface area contributed by atoms with Crippen molar-refractivity contribution >= 4 is 28.7 Å². The number of rotatable bonds is 7. The highest BCUT2D eigenvalue weighted by Crippen LogP contribution is 2.26. The molecule has 1 saturated heterocycles. The normalized spacial score (nSPS) is 14.5. The van der Waals surface area contributed by atoms with Crippen LogP contribution in [0.5, 0.6) is 0 Å². The molecule has 2 aromatic rings. The summed E-state index contributed by atoms with van der Waals surface area (Å²) in [5, 5.41) is 0.746. The zero-order valence-electron chi connectivity index (χ0n) is 18.5. The van der Waals surface area contributed by atoms with Gasteiger partial charge in [-0.15, -0.1) is 0 Å². The third kappa shape index (κ3) is 5.03. The molecule has 3 rings (SSSR count). The Labute approximate surface area is 182 Å². The second-order valence-electron chi connectivity index (χ2n) is 7.79. The molecule has 0 spiro atoms. The van der Waals surface area contributed by atoms with Crippen molar-refractivity contribution in [1.82, 2.24) is 9.88 Å². The fraction of sp³-hybridized carbons (Fsp3) is 0.500. The van der Waals surface area contributed by atoms with Crippen molar-refractivity contribution in [3.05, 3.63) is 41.1 Å². The standard InChI is InChI=1S/C24H30N2O5/c1-4-8-19-17(5-2)22(18-9-6-7-10-20(18)25-19)24(29)31-15-21(27)26-13-11-16(12-14-26)23(28)30-3/h6-7,9-10,16H,4-5,8,11-15H2,1-3H3. The number of esters is 2. The van der Waals surface area contributed by atoms with Gasteiger partial charge >= 0.3 is 11.9 Å². The molecule has 0 aliphatic carbocycles. The van der Waals surface area contributed by atoms with Gasteiger partial charge in [-0.25, -0.2) is 4.79 Å². The first-order valence-corrected chi connectivity index (χ1v) is 10.9. The molecule has 1 aromatic heterocycles. The first-order valence-electron chi connectivity index (χ1n) is 10.9. The van der Waals surface area contributed by atoms with Gasteiger partial charge in [0.1, 0.15) is 0 Å². The maximum atomic E-state index is 13.1. The number of benzene rings is 1. The van der Waals surface area contributed by atoms with Crippen LogP contribution < -0.4 is 0 Å². The Morgan fingerprint density at radius 2 is 1.84 bits per heavy atom. The van der Waals surface area contributed by atoms with Crippen molar-refractivity contribution in [2.45, 2.75) is 46.0 Å². The number of fused-ring (bicyclic) bond motifs is 1. The van der Waals surface area contributed by atoms with E-state index in [2.05, 4.69) is 6.92 Å². The number of piperidine rings is 1. The molecule has 0 atom stereocenters. The van der Waals surface area contributed by atoms with Crippen molar-refractivity contribution in [2.75, 3.05) is 26.8 Å². The van der Waals surface area contributed by atoms with E-state index in [1.54, 1.807) is 4.90 Å². The number of aryl methyl sites for hydroxylation is 1. The van der Waals surface area contributed by atoms with Gasteiger partial charge in [0.25, 0.3) is 5.91 Å². The fourth-order valence-corrected chi connectivity index (χ4v) is 4.18. The smallest absolute Gasteiger partial charge is 0.339 e. The van der Waals surface area contributed by atoms with Crippen LogP contribution in [-0.4, -0.2) is 54.5 Å². The van der Waals surface area contributed by atoms with Crippen LogP contribution in [0.3, 0.4) is 0 Å². The summed E-state index contributed by atoms with van der Waals surface area (Å²) in [6, 6.07) is 7.53. The number of nitrogens with zero attached hydrogens (tertiary/aromatic N) is 2. The van der Waals surface area contributed by atoms with Crippen LogP contribution in [-0.2, 0) is 31.9 Å². The van der Waals surface area contributed by atoms with Crippen LogP contribution in [0.25, 0.3) is 10.9 Å². The predicted molar refractivity (Wildman–Crippen MR) is 117 cm³/mol. The quantitative estimate of drug-likeness (QED) is 0.632. The molecule has 1 aliphatic rings. The number of likely N-dealkylation sites (tertiary alicyclic amines) is 1. The molecule has 0 N–H and O–H groups in total. The first-order chi connectivity index (χ1) is 15.0. The van der Waals surface area contributed by atoms with Crippen LogP contribution >= 0.6 is 0 Å². The number of hydrogen-bond acceptors (Lipinski definition) is 6. The minimum atomic E-state index is -0.495.